The van der Waals surface area contributed by atoms with Gasteiger partial charge in [0, 0.05) is 24.8 Å². The molecule has 21 heavy (non-hydrogen) atoms. The molecule has 1 atom stereocenters. The molecular weight excluding hydrogens is 284 g/mol. The van der Waals surface area contributed by atoms with Gasteiger partial charge < -0.3 is 15.8 Å². The summed E-state index contributed by atoms with van der Waals surface area (Å²) in [5.74, 6) is 0.566. The van der Waals surface area contributed by atoms with Gasteiger partial charge in [0.05, 0.1) is 6.42 Å². The molecule has 0 spiro atoms. The highest BCUT2D eigenvalue weighted by atomic mass is 32.1. The van der Waals surface area contributed by atoms with E-state index in [0.717, 1.165) is 37.2 Å². The average molecular weight is 306 g/mol. The molecule has 1 aliphatic heterocycles. The van der Waals surface area contributed by atoms with Crippen molar-refractivity contribution in [2.45, 2.75) is 32.2 Å². The van der Waals surface area contributed by atoms with Gasteiger partial charge in [0.15, 0.2) is 0 Å². The molecule has 3 N–H and O–H groups in total. The van der Waals surface area contributed by atoms with Crippen LogP contribution in [0.3, 0.4) is 0 Å². The molecule has 4 nitrogen and oxygen atoms in total. The molecule has 1 amide bonds. The minimum Gasteiger partial charge on any atom is -0.389 e. The van der Waals surface area contributed by atoms with Crippen molar-refractivity contribution in [2.24, 2.45) is 11.7 Å². The van der Waals surface area contributed by atoms with E-state index in [9.17, 15) is 4.79 Å². The minimum absolute atomic E-state index is 0.0528. The van der Waals surface area contributed by atoms with Crippen LogP contribution in [0.4, 0.5) is 0 Å². The van der Waals surface area contributed by atoms with Crippen LogP contribution in [0.15, 0.2) is 24.3 Å². The molecule has 0 radical (unpaired) electrons. The predicted octanol–water partition coefficient (Wildman–Crippen LogP) is 1.79. The molecule has 2 rings (SSSR count). The molecule has 114 valence electrons. The topological polar surface area (TPSA) is 64.4 Å². The second-order valence-corrected chi connectivity index (χ2v) is 5.98. The first-order chi connectivity index (χ1) is 10.1. The van der Waals surface area contributed by atoms with Crippen molar-refractivity contribution < 1.29 is 9.53 Å². The number of carbonyl (C=O) groups excluding carboxylic acids is 1. The Morgan fingerprint density at radius 3 is 2.57 bits per heavy atom. The highest BCUT2D eigenvalue weighted by Crippen LogP contribution is 2.18. The Bertz CT molecular complexity index is 496. The first-order valence-electron chi connectivity index (χ1n) is 7.32. The van der Waals surface area contributed by atoms with Gasteiger partial charge in [-0.1, -0.05) is 36.5 Å². The summed E-state index contributed by atoms with van der Waals surface area (Å²) in [6.07, 6.45) is 2.42. The van der Waals surface area contributed by atoms with E-state index in [1.54, 1.807) is 0 Å². The normalized spacial score (nSPS) is 17.2. The lowest BCUT2D eigenvalue weighted by atomic mass is 9.93. The molecule has 1 saturated heterocycles. The molecule has 5 heteroatoms. The van der Waals surface area contributed by atoms with Crippen molar-refractivity contribution in [3.63, 3.8) is 0 Å². The molecule has 1 heterocycles. The summed E-state index contributed by atoms with van der Waals surface area (Å²) in [6.45, 7) is 3.67. The van der Waals surface area contributed by atoms with Gasteiger partial charge in [-0.2, -0.15) is 0 Å². The lowest BCUT2D eigenvalue weighted by Gasteiger charge is -2.28. The van der Waals surface area contributed by atoms with Crippen LogP contribution < -0.4 is 11.1 Å². The fraction of sp³-hybridized carbons (Fsp3) is 0.500. The second-order valence-electron chi connectivity index (χ2n) is 5.54. The number of carbonyl (C=O) groups is 1. The Kier molecular flexibility index (Phi) is 5.70. The van der Waals surface area contributed by atoms with Crippen LogP contribution in [0.25, 0.3) is 0 Å². The van der Waals surface area contributed by atoms with Gasteiger partial charge in [-0.3, -0.25) is 4.79 Å². The van der Waals surface area contributed by atoms with Crippen LogP contribution in [0, 0.1) is 5.92 Å². The number of hydrogen-bond acceptors (Lipinski definition) is 3. The van der Waals surface area contributed by atoms with Gasteiger partial charge in [-0.15, -0.1) is 0 Å². The molecule has 1 aromatic rings. The molecule has 1 aromatic carbocycles. The van der Waals surface area contributed by atoms with Crippen molar-refractivity contribution in [1.29, 1.82) is 0 Å². The molecule has 0 aliphatic carbocycles. The zero-order valence-corrected chi connectivity index (χ0v) is 13.1. The maximum atomic E-state index is 12.1. The molecular formula is C16H22N2O2S. The smallest absolute Gasteiger partial charge is 0.224 e. The fourth-order valence-corrected chi connectivity index (χ4v) is 2.75. The molecule has 0 aromatic heterocycles. The third-order valence-corrected chi connectivity index (χ3v) is 4.20. The van der Waals surface area contributed by atoms with Crippen molar-refractivity contribution >= 4 is 23.1 Å². The number of nitrogens with two attached hydrogens (primary N) is 1. The minimum atomic E-state index is 0.0528. The van der Waals surface area contributed by atoms with E-state index in [4.69, 9.17) is 22.7 Å². The first kappa shape index (κ1) is 15.9. The summed E-state index contributed by atoms with van der Waals surface area (Å²) in [6, 6.07) is 7.69. The Morgan fingerprint density at radius 2 is 2.00 bits per heavy atom. The second kappa shape index (κ2) is 7.52. The average Bonchev–Trinajstić information content (AvgIpc) is 2.48. The third-order valence-electron chi connectivity index (χ3n) is 3.96. The van der Waals surface area contributed by atoms with Crippen molar-refractivity contribution in [3.8, 4) is 0 Å². The van der Waals surface area contributed by atoms with E-state index in [2.05, 4.69) is 12.2 Å². The van der Waals surface area contributed by atoms with Gasteiger partial charge in [0.1, 0.15) is 4.99 Å². The number of nitrogens with one attached hydrogen (secondary N) is 1. The standard InChI is InChI=1S/C16H22N2O2S/c1-11(13-6-8-20-9-7-13)18-15(19)10-12-2-4-14(5-3-12)16(17)21/h2-5,11,13H,6-10H2,1H3,(H2,17,21)(H,18,19). The Hall–Kier alpha value is -1.46. The molecule has 1 unspecified atom stereocenters. The summed E-state index contributed by atoms with van der Waals surface area (Å²) in [5, 5.41) is 3.09. The van der Waals surface area contributed by atoms with E-state index < -0.39 is 0 Å². The maximum absolute atomic E-state index is 12.1. The van der Waals surface area contributed by atoms with Crippen LogP contribution in [-0.2, 0) is 16.0 Å². The van der Waals surface area contributed by atoms with Crippen molar-refractivity contribution in [2.75, 3.05) is 13.2 Å². The summed E-state index contributed by atoms with van der Waals surface area (Å²) in [4.78, 5) is 12.5. The van der Waals surface area contributed by atoms with Gasteiger partial charge in [-0.25, -0.2) is 0 Å². The quantitative estimate of drug-likeness (QED) is 0.814. The van der Waals surface area contributed by atoms with Gasteiger partial charge in [0.25, 0.3) is 0 Å². The molecule has 1 fully saturated rings. The lowest BCUT2D eigenvalue weighted by Crippen LogP contribution is -2.40. The largest absolute Gasteiger partial charge is 0.389 e. The number of rotatable bonds is 5. The predicted molar refractivity (Wildman–Crippen MR) is 87.2 cm³/mol. The zero-order valence-electron chi connectivity index (χ0n) is 12.3. The maximum Gasteiger partial charge on any atom is 0.224 e. The van der Waals surface area contributed by atoms with E-state index in [1.165, 1.54) is 0 Å². The van der Waals surface area contributed by atoms with Gasteiger partial charge in [-0.05, 0) is 31.2 Å². The number of thiocarbonyl (C=S) groups is 1. The van der Waals surface area contributed by atoms with Crippen LogP contribution in [0.5, 0.6) is 0 Å². The van der Waals surface area contributed by atoms with Crippen LogP contribution in [0.1, 0.15) is 30.9 Å². The molecule has 0 saturated carbocycles. The molecule has 0 bridgehead atoms. The fourth-order valence-electron chi connectivity index (χ4n) is 2.61. The number of ether oxygens (including phenoxy) is 1. The summed E-state index contributed by atoms with van der Waals surface area (Å²) < 4.78 is 5.35. The first-order valence-corrected chi connectivity index (χ1v) is 7.73. The summed E-state index contributed by atoms with van der Waals surface area (Å²) in [5.41, 5.74) is 7.34. The van der Waals surface area contributed by atoms with Crippen molar-refractivity contribution in [3.05, 3.63) is 35.4 Å². The van der Waals surface area contributed by atoms with Gasteiger partial charge in [0.2, 0.25) is 5.91 Å². The summed E-state index contributed by atoms with van der Waals surface area (Å²) >= 11 is 4.91. The Morgan fingerprint density at radius 1 is 1.38 bits per heavy atom. The highest BCUT2D eigenvalue weighted by Gasteiger charge is 2.21. The van der Waals surface area contributed by atoms with E-state index in [-0.39, 0.29) is 11.9 Å². The third kappa shape index (κ3) is 4.79. The van der Waals surface area contributed by atoms with E-state index in [0.29, 0.717) is 17.3 Å². The van der Waals surface area contributed by atoms with Crippen LogP contribution in [-0.4, -0.2) is 30.2 Å². The van der Waals surface area contributed by atoms with E-state index >= 15 is 0 Å². The Balaban J connectivity index is 1.84. The number of amides is 1. The zero-order chi connectivity index (χ0) is 15.2. The molecule has 1 aliphatic rings. The monoisotopic (exact) mass is 306 g/mol. The SMILES string of the molecule is CC(NC(=O)Cc1ccc(C(N)=S)cc1)C1CCOCC1. The lowest BCUT2D eigenvalue weighted by molar-refractivity contribution is -0.121. The van der Waals surface area contributed by atoms with Gasteiger partial charge >= 0.3 is 0 Å². The number of hydrogen-bond donors (Lipinski definition) is 2. The van der Waals surface area contributed by atoms with E-state index in [1.807, 2.05) is 24.3 Å². The van der Waals surface area contributed by atoms with Crippen molar-refractivity contribution in [1.82, 2.24) is 5.32 Å². The number of benzene rings is 1. The van der Waals surface area contributed by atoms with Crippen LogP contribution >= 0.6 is 12.2 Å². The van der Waals surface area contributed by atoms with Crippen LogP contribution in [0.2, 0.25) is 0 Å². The highest BCUT2D eigenvalue weighted by molar-refractivity contribution is 7.80. The summed E-state index contributed by atoms with van der Waals surface area (Å²) in [7, 11) is 0. The Labute approximate surface area is 131 Å².